The fourth-order valence-electron chi connectivity index (χ4n) is 2.62. The van der Waals surface area contributed by atoms with Crippen molar-refractivity contribution in [1.82, 2.24) is 9.97 Å². The van der Waals surface area contributed by atoms with E-state index in [4.69, 9.17) is 5.11 Å². The van der Waals surface area contributed by atoms with Gasteiger partial charge in [0.05, 0.1) is 0 Å². The lowest BCUT2D eigenvalue weighted by molar-refractivity contribution is -0.141. The summed E-state index contributed by atoms with van der Waals surface area (Å²) in [7, 11) is 0. The second-order valence-corrected chi connectivity index (χ2v) is 6.02. The minimum Gasteiger partial charge on any atom is -0.449 e. The summed E-state index contributed by atoms with van der Waals surface area (Å²) in [4.78, 5) is 17.9. The Morgan fingerprint density at radius 2 is 1.83 bits per heavy atom. The smallest absolute Gasteiger partial charge is 0.449 e. The minimum absolute atomic E-state index is 0.204. The van der Waals surface area contributed by atoms with Crippen LogP contribution in [0.3, 0.4) is 0 Å². The van der Waals surface area contributed by atoms with E-state index < -0.39 is 23.8 Å². The predicted octanol–water partition coefficient (Wildman–Crippen LogP) is 5.41. The fraction of sp³-hybridized carbons (Fsp3) is 0.105. The van der Waals surface area contributed by atoms with Gasteiger partial charge < -0.3 is 15.2 Å². The van der Waals surface area contributed by atoms with Gasteiger partial charge in [0.15, 0.2) is 0 Å². The SMILES string of the molecule is Cc1cc(Nc2nccc(C(F)(F)F)n2)cc(-c2cc(F)cc(OC(=O)O)c2)c1. The van der Waals surface area contributed by atoms with Crippen LogP contribution in [0.2, 0.25) is 0 Å². The number of benzene rings is 2. The van der Waals surface area contributed by atoms with Crippen molar-refractivity contribution >= 4 is 17.8 Å². The lowest BCUT2D eigenvalue weighted by Gasteiger charge is -2.12. The summed E-state index contributed by atoms with van der Waals surface area (Å²) < 4.78 is 56.8. The molecule has 0 aliphatic rings. The number of carbonyl (C=O) groups is 1. The molecule has 0 amide bonds. The fourth-order valence-corrected chi connectivity index (χ4v) is 2.62. The molecule has 0 bridgehead atoms. The van der Waals surface area contributed by atoms with E-state index in [0.29, 0.717) is 22.4 Å². The molecule has 0 fully saturated rings. The summed E-state index contributed by atoms with van der Waals surface area (Å²) in [6.07, 6.45) is -5.22. The molecule has 0 saturated carbocycles. The van der Waals surface area contributed by atoms with Crippen molar-refractivity contribution in [3.63, 3.8) is 0 Å². The molecule has 3 aromatic rings. The van der Waals surface area contributed by atoms with E-state index in [2.05, 4.69) is 20.0 Å². The molecule has 3 rings (SSSR count). The molecule has 0 unspecified atom stereocenters. The number of anilines is 2. The number of aromatic nitrogens is 2. The molecule has 0 spiro atoms. The van der Waals surface area contributed by atoms with E-state index in [0.717, 1.165) is 18.3 Å². The number of carboxylic acid groups (broad SMARTS) is 1. The van der Waals surface area contributed by atoms with E-state index in [9.17, 15) is 22.4 Å². The predicted molar refractivity (Wildman–Crippen MR) is 95.5 cm³/mol. The maximum absolute atomic E-state index is 13.9. The van der Waals surface area contributed by atoms with Crippen LogP contribution in [0.5, 0.6) is 5.75 Å². The molecule has 10 heteroatoms. The number of ether oxygens (including phenoxy) is 1. The Balaban J connectivity index is 1.95. The monoisotopic (exact) mass is 407 g/mol. The standard InChI is InChI=1S/C19H13F4N3O3/c1-10-4-11(12-6-13(20)9-15(8-12)29-18(27)28)7-14(5-10)25-17-24-3-2-16(26-17)19(21,22)23/h2-9H,1H3,(H,27,28)(H,24,25,26). The van der Waals surface area contributed by atoms with Gasteiger partial charge in [-0.3, -0.25) is 0 Å². The number of nitrogens with zero attached hydrogens (tertiary/aromatic N) is 2. The maximum Gasteiger partial charge on any atom is 0.511 e. The van der Waals surface area contributed by atoms with Crippen LogP contribution < -0.4 is 10.1 Å². The van der Waals surface area contributed by atoms with Gasteiger partial charge in [0.25, 0.3) is 0 Å². The molecule has 0 saturated heterocycles. The topological polar surface area (TPSA) is 84.3 Å². The molecule has 0 atom stereocenters. The first-order valence-electron chi connectivity index (χ1n) is 8.11. The van der Waals surface area contributed by atoms with Crippen LogP contribution in [0.25, 0.3) is 11.1 Å². The van der Waals surface area contributed by atoms with Crippen molar-refractivity contribution < 1.29 is 32.2 Å². The molecular formula is C19H13F4N3O3. The van der Waals surface area contributed by atoms with Crippen LogP contribution >= 0.6 is 0 Å². The molecule has 6 nitrogen and oxygen atoms in total. The first-order chi connectivity index (χ1) is 13.6. The van der Waals surface area contributed by atoms with Crippen LogP contribution in [0.1, 0.15) is 11.3 Å². The summed E-state index contributed by atoms with van der Waals surface area (Å²) in [5.74, 6) is -1.17. The molecule has 0 radical (unpaired) electrons. The third-order valence-corrected chi connectivity index (χ3v) is 3.69. The number of rotatable bonds is 4. The van der Waals surface area contributed by atoms with Crippen LogP contribution in [0, 0.1) is 12.7 Å². The molecule has 2 aromatic carbocycles. The minimum atomic E-state index is -4.61. The highest BCUT2D eigenvalue weighted by molar-refractivity contribution is 5.73. The highest BCUT2D eigenvalue weighted by Gasteiger charge is 2.32. The Labute approximate surface area is 161 Å². The number of nitrogens with one attached hydrogen (secondary N) is 1. The first kappa shape index (κ1) is 20.1. The van der Waals surface area contributed by atoms with Gasteiger partial charge in [0.2, 0.25) is 5.95 Å². The van der Waals surface area contributed by atoms with Crippen molar-refractivity contribution in [3.8, 4) is 16.9 Å². The summed E-state index contributed by atoms with van der Waals surface area (Å²) in [6.45, 7) is 1.73. The van der Waals surface area contributed by atoms with Gasteiger partial charge in [-0.15, -0.1) is 0 Å². The van der Waals surface area contributed by atoms with Gasteiger partial charge in [-0.1, -0.05) is 6.07 Å². The van der Waals surface area contributed by atoms with E-state index in [1.54, 1.807) is 19.1 Å². The zero-order valence-electron chi connectivity index (χ0n) is 14.8. The molecule has 29 heavy (non-hydrogen) atoms. The Morgan fingerprint density at radius 3 is 2.52 bits per heavy atom. The molecular weight excluding hydrogens is 394 g/mol. The number of aryl methyl sites for hydroxylation is 1. The number of halogens is 4. The van der Waals surface area contributed by atoms with Gasteiger partial charge in [-0.05, 0) is 53.9 Å². The zero-order valence-corrected chi connectivity index (χ0v) is 14.8. The van der Waals surface area contributed by atoms with E-state index in [1.807, 2.05) is 0 Å². The summed E-state index contributed by atoms with van der Waals surface area (Å²) in [5, 5.41) is 11.4. The largest absolute Gasteiger partial charge is 0.511 e. The van der Waals surface area contributed by atoms with Crippen LogP contribution in [-0.2, 0) is 6.18 Å². The van der Waals surface area contributed by atoms with Crippen LogP contribution in [0.15, 0.2) is 48.7 Å². The Hall–Kier alpha value is -3.69. The van der Waals surface area contributed by atoms with Gasteiger partial charge in [-0.2, -0.15) is 13.2 Å². The molecule has 2 N–H and O–H groups in total. The summed E-state index contributed by atoms with van der Waals surface area (Å²) in [6, 6.07) is 9.05. The van der Waals surface area contributed by atoms with E-state index in [-0.39, 0.29) is 11.7 Å². The lowest BCUT2D eigenvalue weighted by Crippen LogP contribution is -2.10. The second-order valence-electron chi connectivity index (χ2n) is 6.02. The molecule has 1 aromatic heterocycles. The van der Waals surface area contributed by atoms with Gasteiger partial charge in [0.1, 0.15) is 17.3 Å². The third-order valence-electron chi connectivity index (χ3n) is 3.69. The highest BCUT2D eigenvalue weighted by atomic mass is 19.4. The quantitative estimate of drug-likeness (QED) is 0.342. The van der Waals surface area contributed by atoms with Gasteiger partial charge >= 0.3 is 12.3 Å². The first-order valence-corrected chi connectivity index (χ1v) is 8.11. The number of hydrogen-bond acceptors (Lipinski definition) is 5. The molecule has 0 aliphatic carbocycles. The Bertz CT molecular complexity index is 1070. The van der Waals surface area contributed by atoms with Crippen molar-refractivity contribution in [2.45, 2.75) is 13.1 Å². The van der Waals surface area contributed by atoms with Crippen molar-refractivity contribution in [2.24, 2.45) is 0 Å². The van der Waals surface area contributed by atoms with Gasteiger partial charge in [-0.25, -0.2) is 19.2 Å². The van der Waals surface area contributed by atoms with Crippen LogP contribution in [-0.4, -0.2) is 21.2 Å². The maximum atomic E-state index is 13.9. The van der Waals surface area contributed by atoms with Crippen molar-refractivity contribution in [1.29, 1.82) is 0 Å². The highest BCUT2D eigenvalue weighted by Crippen LogP contribution is 2.31. The average Bonchev–Trinajstić information content (AvgIpc) is 2.59. The van der Waals surface area contributed by atoms with E-state index >= 15 is 0 Å². The number of hydrogen-bond donors (Lipinski definition) is 2. The van der Waals surface area contributed by atoms with Crippen molar-refractivity contribution in [2.75, 3.05) is 5.32 Å². The van der Waals surface area contributed by atoms with Crippen LogP contribution in [0.4, 0.5) is 34.0 Å². The second kappa shape index (κ2) is 7.74. The summed E-state index contributed by atoms with van der Waals surface area (Å²) in [5.41, 5.74) is 0.780. The van der Waals surface area contributed by atoms with Gasteiger partial charge in [0, 0.05) is 18.0 Å². The number of alkyl halides is 3. The molecule has 150 valence electrons. The summed E-state index contributed by atoms with van der Waals surface area (Å²) >= 11 is 0. The van der Waals surface area contributed by atoms with E-state index in [1.165, 1.54) is 18.2 Å². The molecule has 0 aliphatic heterocycles. The van der Waals surface area contributed by atoms with Crippen molar-refractivity contribution in [3.05, 3.63) is 65.7 Å². The molecule has 1 heterocycles. The Morgan fingerprint density at radius 1 is 1.10 bits per heavy atom. The normalized spacial score (nSPS) is 11.2. The lowest BCUT2D eigenvalue weighted by atomic mass is 10.0. The Kier molecular flexibility index (Phi) is 5.35. The average molecular weight is 407 g/mol. The third kappa shape index (κ3) is 5.18. The zero-order chi connectivity index (χ0) is 21.2.